The summed E-state index contributed by atoms with van der Waals surface area (Å²) < 4.78 is 0. The van der Waals surface area contributed by atoms with Crippen LogP contribution in [-0.4, -0.2) is 23.8 Å². The summed E-state index contributed by atoms with van der Waals surface area (Å²) in [5, 5.41) is 0. The van der Waals surface area contributed by atoms with Gasteiger partial charge in [0.05, 0.1) is 6.42 Å². The topological polar surface area (TPSA) is 63.4 Å². The fraction of sp³-hybridized carbons (Fsp3) is 0.467. The van der Waals surface area contributed by atoms with E-state index >= 15 is 0 Å². The Kier molecular flexibility index (Phi) is 3.22. The van der Waals surface area contributed by atoms with Gasteiger partial charge in [-0.15, -0.1) is 0 Å². The molecule has 0 aromatic heterocycles. The van der Waals surface area contributed by atoms with Crippen molar-refractivity contribution >= 4 is 11.8 Å². The van der Waals surface area contributed by atoms with Gasteiger partial charge in [-0.2, -0.15) is 0 Å². The van der Waals surface area contributed by atoms with Gasteiger partial charge in [-0.1, -0.05) is 32.9 Å². The number of nitrogens with two attached hydrogens (primary N) is 1. The molecule has 0 fully saturated rings. The zero-order valence-corrected chi connectivity index (χ0v) is 11.9. The van der Waals surface area contributed by atoms with Crippen molar-refractivity contribution in [3.05, 3.63) is 34.9 Å². The fourth-order valence-electron chi connectivity index (χ4n) is 2.22. The van der Waals surface area contributed by atoms with Crippen LogP contribution in [0.4, 0.5) is 0 Å². The third-order valence-electron chi connectivity index (χ3n) is 3.68. The maximum absolute atomic E-state index is 12.1. The Labute approximate surface area is 113 Å². The Morgan fingerprint density at radius 2 is 1.89 bits per heavy atom. The molecular weight excluding hydrogens is 240 g/mol. The number of rotatable bonds is 1. The van der Waals surface area contributed by atoms with E-state index in [1.165, 1.54) is 11.9 Å². The second-order valence-corrected chi connectivity index (χ2v) is 6.19. The maximum Gasteiger partial charge on any atom is 0.260 e. The lowest BCUT2D eigenvalue weighted by Gasteiger charge is -2.29. The van der Waals surface area contributed by atoms with Crippen LogP contribution in [0.3, 0.4) is 0 Å². The Bertz CT molecular complexity index is 544. The molecule has 1 aliphatic rings. The fourth-order valence-corrected chi connectivity index (χ4v) is 2.22. The zero-order chi connectivity index (χ0) is 14.4. The standard InChI is InChI=1S/C15H20N2O2/c1-15(2,3)13(16)10-6-5-9-8-12(18)17(4)14(19)11(9)7-10/h5-7,13H,8,16H2,1-4H3. The van der Waals surface area contributed by atoms with Crippen LogP contribution in [0.25, 0.3) is 0 Å². The summed E-state index contributed by atoms with van der Waals surface area (Å²) in [6.45, 7) is 6.19. The third kappa shape index (κ3) is 2.40. The summed E-state index contributed by atoms with van der Waals surface area (Å²) >= 11 is 0. The minimum absolute atomic E-state index is 0.0757. The van der Waals surface area contributed by atoms with Crippen molar-refractivity contribution < 1.29 is 9.59 Å². The SMILES string of the molecule is CN1C(=O)Cc2ccc(C(N)C(C)(C)C)cc2C1=O. The number of amides is 2. The summed E-state index contributed by atoms with van der Waals surface area (Å²) in [5.41, 5.74) is 8.46. The van der Waals surface area contributed by atoms with Crippen molar-refractivity contribution in [2.45, 2.75) is 33.2 Å². The van der Waals surface area contributed by atoms with E-state index in [2.05, 4.69) is 20.8 Å². The van der Waals surface area contributed by atoms with E-state index in [0.29, 0.717) is 5.56 Å². The van der Waals surface area contributed by atoms with Gasteiger partial charge >= 0.3 is 0 Å². The molecule has 4 nitrogen and oxygen atoms in total. The lowest BCUT2D eigenvalue weighted by molar-refractivity contribution is -0.127. The van der Waals surface area contributed by atoms with Crippen molar-refractivity contribution in [1.29, 1.82) is 0 Å². The van der Waals surface area contributed by atoms with Gasteiger partial charge in [0.2, 0.25) is 5.91 Å². The molecule has 1 aromatic carbocycles. The van der Waals surface area contributed by atoms with Gasteiger partial charge in [-0.25, -0.2) is 0 Å². The first-order valence-corrected chi connectivity index (χ1v) is 6.41. The molecular formula is C15H20N2O2. The van der Waals surface area contributed by atoms with Crippen LogP contribution in [0.5, 0.6) is 0 Å². The molecule has 2 N–H and O–H groups in total. The van der Waals surface area contributed by atoms with Crippen LogP contribution in [0, 0.1) is 5.41 Å². The number of hydrogen-bond acceptors (Lipinski definition) is 3. The van der Waals surface area contributed by atoms with E-state index in [4.69, 9.17) is 5.73 Å². The lowest BCUT2D eigenvalue weighted by Crippen LogP contribution is -2.39. The van der Waals surface area contributed by atoms with E-state index in [9.17, 15) is 9.59 Å². The highest BCUT2D eigenvalue weighted by atomic mass is 16.2. The zero-order valence-electron chi connectivity index (χ0n) is 11.9. The average molecular weight is 260 g/mol. The second-order valence-electron chi connectivity index (χ2n) is 6.19. The normalized spacial score (nSPS) is 17.4. The molecule has 2 rings (SSSR count). The minimum Gasteiger partial charge on any atom is -0.324 e. The molecule has 1 aromatic rings. The quantitative estimate of drug-likeness (QED) is 0.784. The Balaban J connectivity index is 2.45. The summed E-state index contributed by atoms with van der Waals surface area (Å²) in [6.07, 6.45) is 0.280. The number of carbonyl (C=O) groups is 2. The predicted octanol–water partition coefficient (Wildman–Crippen LogP) is 1.89. The van der Waals surface area contributed by atoms with Crippen molar-refractivity contribution in [3.8, 4) is 0 Å². The van der Waals surface area contributed by atoms with Gasteiger partial charge < -0.3 is 5.73 Å². The predicted molar refractivity (Wildman–Crippen MR) is 73.6 cm³/mol. The average Bonchev–Trinajstić information content (AvgIpc) is 2.34. The number of imide groups is 1. The van der Waals surface area contributed by atoms with Crippen molar-refractivity contribution in [1.82, 2.24) is 4.90 Å². The molecule has 1 unspecified atom stereocenters. The molecule has 4 heteroatoms. The minimum atomic E-state index is -0.241. The first-order valence-electron chi connectivity index (χ1n) is 6.41. The molecule has 0 aliphatic carbocycles. The van der Waals surface area contributed by atoms with Crippen LogP contribution in [0.15, 0.2) is 18.2 Å². The highest BCUT2D eigenvalue weighted by Crippen LogP contribution is 2.32. The van der Waals surface area contributed by atoms with E-state index in [0.717, 1.165) is 11.1 Å². The van der Waals surface area contributed by atoms with Gasteiger partial charge in [0, 0.05) is 18.7 Å². The summed E-state index contributed by atoms with van der Waals surface area (Å²) in [5.74, 6) is -0.403. The first-order chi connectivity index (χ1) is 8.71. The molecule has 0 bridgehead atoms. The van der Waals surface area contributed by atoms with Crippen LogP contribution < -0.4 is 5.73 Å². The maximum atomic E-state index is 12.1. The van der Waals surface area contributed by atoms with Crippen LogP contribution in [0.1, 0.15) is 48.3 Å². The molecule has 0 saturated carbocycles. The monoisotopic (exact) mass is 260 g/mol. The molecule has 0 radical (unpaired) electrons. The molecule has 1 heterocycles. The van der Waals surface area contributed by atoms with Gasteiger partial charge in [0.1, 0.15) is 0 Å². The highest BCUT2D eigenvalue weighted by Gasteiger charge is 2.30. The van der Waals surface area contributed by atoms with Crippen LogP contribution >= 0.6 is 0 Å². The van der Waals surface area contributed by atoms with Gasteiger partial charge in [-0.05, 0) is 22.6 Å². The molecule has 102 valence electrons. The second kappa shape index (κ2) is 4.46. The number of nitrogens with zero attached hydrogens (tertiary/aromatic N) is 1. The van der Waals surface area contributed by atoms with Gasteiger partial charge in [-0.3, -0.25) is 14.5 Å². The molecule has 1 aliphatic heterocycles. The van der Waals surface area contributed by atoms with E-state index < -0.39 is 0 Å². The summed E-state index contributed by atoms with van der Waals surface area (Å²) in [4.78, 5) is 24.9. The van der Waals surface area contributed by atoms with E-state index in [1.807, 2.05) is 18.2 Å². The molecule has 0 saturated heterocycles. The van der Waals surface area contributed by atoms with Gasteiger partial charge in [0.25, 0.3) is 5.91 Å². The molecule has 2 amide bonds. The van der Waals surface area contributed by atoms with Crippen LogP contribution in [0.2, 0.25) is 0 Å². The molecule has 19 heavy (non-hydrogen) atoms. The number of likely N-dealkylation sites (N-methyl/N-ethyl adjacent to an activating group) is 1. The third-order valence-corrected chi connectivity index (χ3v) is 3.68. The first kappa shape index (κ1) is 13.7. The van der Waals surface area contributed by atoms with Crippen molar-refractivity contribution in [3.63, 3.8) is 0 Å². The Morgan fingerprint density at radius 1 is 1.26 bits per heavy atom. The van der Waals surface area contributed by atoms with Crippen molar-refractivity contribution in [2.24, 2.45) is 11.1 Å². The summed E-state index contributed by atoms with van der Waals surface area (Å²) in [6, 6.07) is 5.45. The number of hydrogen-bond donors (Lipinski definition) is 1. The molecule has 1 atom stereocenters. The molecule has 0 spiro atoms. The van der Waals surface area contributed by atoms with Gasteiger partial charge in [0.15, 0.2) is 0 Å². The number of benzene rings is 1. The Hall–Kier alpha value is -1.68. The summed E-state index contributed by atoms with van der Waals surface area (Å²) in [7, 11) is 1.52. The number of fused-ring (bicyclic) bond motifs is 1. The lowest BCUT2D eigenvalue weighted by atomic mass is 9.81. The van der Waals surface area contributed by atoms with Crippen LogP contribution in [-0.2, 0) is 11.2 Å². The van der Waals surface area contributed by atoms with Crippen molar-refractivity contribution in [2.75, 3.05) is 7.05 Å². The van der Waals surface area contributed by atoms with E-state index in [1.54, 1.807) is 0 Å². The largest absolute Gasteiger partial charge is 0.324 e. The highest BCUT2D eigenvalue weighted by molar-refractivity contribution is 6.09. The Morgan fingerprint density at radius 3 is 2.47 bits per heavy atom. The smallest absolute Gasteiger partial charge is 0.260 e. The van der Waals surface area contributed by atoms with E-state index in [-0.39, 0.29) is 29.7 Å². The number of carbonyl (C=O) groups excluding carboxylic acids is 2.